The molecule has 1 aromatic rings. The molecule has 21 heavy (non-hydrogen) atoms. The van der Waals surface area contributed by atoms with E-state index in [1.807, 2.05) is 32.8 Å². The van der Waals surface area contributed by atoms with Crippen molar-refractivity contribution in [2.24, 2.45) is 11.7 Å². The van der Waals surface area contributed by atoms with E-state index in [1.165, 1.54) is 10.5 Å². The summed E-state index contributed by atoms with van der Waals surface area (Å²) in [5.41, 5.74) is 5.46. The molecular weight excluding hydrogens is 290 g/mol. The van der Waals surface area contributed by atoms with Crippen LogP contribution in [0.3, 0.4) is 0 Å². The van der Waals surface area contributed by atoms with Crippen molar-refractivity contribution in [3.8, 4) is 0 Å². The molecule has 2 N–H and O–H groups in total. The topological polar surface area (TPSA) is 84.5 Å². The zero-order valence-corrected chi connectivity index (χ0v) is 14.2. The van der Waals surface area contributed by atoms with Gasteiger partial charge >= 0.3 is 0 Å². The molecule has 0 unspecified atom stereocenters. The van der Waals surface area contributed by atoms with Crippen molar-refractivity contribution < 1.29 is 8.42 Å². The molecule has 0 aliphatic carbocycles. The first-order valence-corrected chi connectivity index (χ1v) is 8.58. The molecule has 0 bridgehead atoms. The molecule has 0 aliphatic rings. The monoisotopic (exact) mass is 317 g/mol. The lowest BCUT2D eigenvalue weighted by atomic mass is 10.2. The highest BCUT2D eigenvalue weighted by Gasteiger charge is 2.26. The normalized spacial score (nSPS) is 12.8. The van der Waals surface area contributed by atoms with E-state index >= 15 is 0 Å². The summed E-state index contributed by atoms with van der Waals surface area (Å²) < 4.78 is 28.5. The highest BCUT2D eigenvalue weighted by molar-refractivity contribution is 7.89. The molecule has 1 rings (SSSR count). The summed E-state index contributed by atoms with van der Waals surface area (Å²) in [6.07, 6.45) is 2.94. The summed E-state index contributed by atoms with van der Waals surface area (Å²) in [4.78, 5) is 2.20. The van der Waals surface area contributed by atoms with Crippen LogP contribution < -0.4 is 5.73 Å². The maximum Gasteiger partial charge on any atom is 0.246 e. The molecule has 0 fully saturated rings. The van der Waals surface area contributed by atoms with Crippen LogP contribution in [0.25, 0.3) is 0 Å². The fourth-order valence-corrected chi connectivity index (χ4v) is 3.46. The number of rotatable bonds is 9. The van der Waals surface area contributed by atoms with Crippen LogP contribution in [0.5, 0.6) is 0 Å². The van der Waals surface area contributed by atoms with Gasteiger partial charge in [-0.25, -0.2) is 8.42 Å². The van der Waals surface area contributed by atoms with Gasteiger partial charge in [0, 0.05) is 32.4 Å². The zero-order chi connectivity index (χ0) is 16.0. The molecule has 8 heteroatoms. The Morgan fingerprint density at radius 1 is 1.33 bits per heavy atom. The predicted molar refractivity (Wildman–Crippen MR) is 83.4 cm³/mol. The van der Waals surface area contributed by atoms with Crippen LogP contribution in [0.2, 0.25) is 0 Å². The smallest absolute Gasteiger partial charge is 0.246 e. The molecule has 1 aromatic heterocycles. The second-order valence-corrected chi connectivity index (χ2v) is 7.73. The summed E-state index contributed by atoms with van der Waals surface area (Å²) >= 11 is 0. The molecule has 0 saturated heterocycles. The molecule has 1 heterocycles. The summed E-state index contributed by atoms with van der Waals surface area (Å²) in [6.45, 7) is 6.61. The largest absolute Gasteiger partial charge is 0.329 e. The standard InChI is InChI=1S/C13H27N5O2S/c1-12(2)10-18(8-7-16(3)4)21(19,20)13-9-15-17(11-13)6-5-14/h9,11-12H,5-8,10,14H2,1-4H3. The van der Waals surface area contributed by atoms with Crippen molar-refractivity contribution in [1.29, 1.82) is 0 Å². The van der Waals surface area contributed by atoms with Gasteiger partial charge in [0.2, 0.25) is 10.0 Å². The Balaban J connectivity index is 2.95. The van der Waals surface area contributed by atoms with Crippen LogP contribution in [0.1, 0.15) is 13.8 Å². The molecule has 0 saturated carbocycles. The molecule has 0 aromatic carbocycles. The summed E-state index contributed by atoms with van der Waals surface area (Å²) in [6, 6.07) is 0. The molecule has 0 amide bonds. The first kappa shape index (κ1) is 18.1. The lowest BCUT2D eigenvalue weighted by molar-refractivity contribution is 0.312. The molecule has 0 aliphatic heterocycles. The molecule has 7 nitrogen and oxygen atoms in total. The Bertz CT molecular complexity index is 524. The molecule has 0 spiro atoms. The van der Waals surface area contributed by atoms with E-state index in [4.69, 9.17) is 5.73 Å². The van der Waals surface area contributed by atoms with Gasteiger partial charge in [0.1, 0.15) is 4.90 Å². The zero-order valence-electron chi connectivity index (χ0n) is 13.4. The molecule has 122 valence electrons. The van der Waals surface area contributed by atoms with Crippen LogP contribution in [0.15, 0.2) is 17.3 Å². The lowest BCUT2D eigenvalue weighted by Gasteiger charge is -2.24. The number of nitrogens with two attached hydrogens (primary N) is 1. The number of nitrogens with zero attached hydrogens (tertiary/aromatic N) is 4. The summed E-state index contributed by atoms with van der Waals surface area (Å²) in [7, 11) is 0.353. The van der Waals surface area contributed by atoms with Crippen molar-refractivity contribution in [2.45, 2.75) is 25.3 Å². The number of sulfonamides is 1. The Labute approximate surface area is 127 Å². The van der Waals surface area contributed by atoms with Gasteiger partial charge in [-0.15, -0.1) is 0 Å². The highest BCUT2D eigenvalue weighted by Crippen LogP contribution is 2.16. The van der Waals surface area contributed by atoms with Crippen LogP contribution in [-0.4, -0.2) is 67.7 Å². The van der Waals surface area contributed by atoms with E-state index in [1.54, 1.807) is 10.9 Å². The van der Waals surface area contributed by atoms with Gasteiger partial charge in [-0.1, -0.05) is 13.8 Å². The maximum absolute atomic E-state index is 12.7. The predicted octanol–water partition coefficient (Wildman–Crippen LogP) is 0.0501. The average molecular weight is 317 g/mol. The minimum atomic E-state index is -3.51. The highest BCUT2D eigenvalue weighted by atomic mass is 32.2. The minimum Gasteiger partial charge on any atom is -0.329 e. The molecular formula is C13H27N5O2S. The van der Waals surface area contributed by atoms with E-state index < -0.39 is 10.0 Å². The third kappa shape index (κ3) is 5.39. The van der Waals surface area contributed by atoms with E-state index in [9.17, 15) is 8.42 Å². The van der Waals surface area contributed by atoms with Gasteiger partial charge < -0.3 is 10.6 Å². The Kier molecular flexibility index (Phi) is 6.79. The SMILES string of the molecule is CC(C)CN(CCN(C)C)S(=O)(=O)c1cnn(CCN)c1. The second-order valence-electron chi connectivity index (χ2n) is 5.79. The van der Waals surface area contributed by atoms with Crippen LogP contribution in [-0.2, 0) is 16.6 Å². The third-order valence-electron chi connectivity index (χ3n) is 2.97. The van der Waals surface area contributed by atoms with Gasteiger partial charge in [0.15, 0.2) is 0 Å². The van der Waals surface area contributed by atoms with Crippen molar-refractivity contribution in [2.75, 3.05) is 40.3 Å². The number of hydrogen-bond donors (Lipinski definition) is 1. The number of aromatic nitrogens is 2. The first-order chi connectivity index (χ1) is 9.77. The number of likely N-dealkylation sites (N-methyl/N-ethyl adjacent to an activating group) is 1. The van der Waals surface area contributed by atoms with Crippen molar-refractivity contribution in [1.82, 2.24) is 19.0 Å². The summed E-state index contributed by atoms with van der Waals surface area (Å²) in [5, 5.41) is 4.05. The Morgan fingerprint density at radius 3 is 2.52 bits per heavy atom. The van der Waals surface area contributed by atoms with Gasteiger partial charge in [0.25, 0.3) is 0 Å². The quantitative estimate of drug-likeness (QED) is 0.696. The van der Waals surface area contributed by atoms with Gasteiger partial charge in [-0.05, 0) is 20.0 Å². The Hall–Kier alpha value is -0.960. The third-order valence-corrected chi connectivity index (χ3v) is 4.79. The number of hydrogen-bond acceptors (Lipinski definition) is 5. The van der Waals surface area contributed by atoms with E-state index in [0.717, 1.165) is 0 Å². The first-order valence-electron chi connectivity index (χ1n) is 7.14. The molecule has 0 atom stereocenters. The Morgan fingerprint density at radius 2 is 2.00 bits per heavy atom. The van der Waals surface area contributed by atoms with Crippen LogP contribution in [0, 0.1) is 5.92 Å². The maximum atomic E-state index is 12.7. The lowest BCUT2D eigenvalue weighted by Crippen LogP contribution is -2.38. The van der Waals surface area contributed by atoms with Gasteiger partial charge in [0.05, 0.1) is 12.7 Å². The van der Waals surface area contributed by atoms with Crippen molar-refractivity contribution in [3.05, 3.63) is 12.4 Å². The van der Waals surface area contributed by atoms with Gasteiger partial charge in [-0.3, -0.25) is 4.68 Å². The average Bonchev–Trinajstić information content (AvgIpc) is 2.83. The van der Waals surface area contributed by atoms with Gasteiger partial charge in [-0.2, -0.15) is 9.40 Å². The van der Waals surface area contributed by atoms with E-state index in [2.05, 4.69) is 5.10 Å². The van der Waals surface area contributed by atoms with E-state index in [-0.39, 0.29) is 10.8 Å². The minimum absolute atomic E-state index is 0.232. The molecule has 0 radical (unpaired) electrons. The van der Waals surface area contributed by atoms with Crippen molar-refractivity contribution >= 4 is 10.0 Å². The van der Waals surface area contributed by atoms with Crippen LogP contribution >= 0.6 is 0 Å². The fraction of sp³-hybridized carbons (Fsp3) is 0.769. The second kappa shape index (κ2) is 7.88. The fourth-order valence-electron chi connectivity index (χ4n) is 1.91. The summed E-state index contributed by atoms with van der Waals surface area (Å²) in [5.74, 6) is 0.265. The van der Waals surface area contributed by atoms with Crippen molar-refractivity contribution in [3.63, 3.8) is 0 Å². The van der Waals surface area contributed by atoms with E-state index in [0.29, 0.717) is 32.7 Å². The van der Waals surface area contributed by atoms with Crippen LogP contribution in [0.4, 0.5) is 0 Å².